The van der Waals surface area contributed by atoms with Gasteiger partial charge in [0.25, 0.3) is 0 Å². The molecule has 0 heterocycles. The van der Waals surface area contributed by atoms with Crippen molar-refractivity contribution in [3.63, 3.8) is 0 Å². The summed E-state index contributed by atoms with van der Waals surface area (Å²) in [5.41, 5.74) is 0. The molecule has 0 spiro atoms. The predicted octanol–water partition coefficient (Wildman–Crippen LogP) is 13.0. The van der Waals surface area contributed by atoms with E-state index in [1.54, 1.807) is 0 Å². The van der Waals surface area contributed by atoms with Gasteiger partial charge < -0.3 is 33.3 Å². The van der Waals surface area contributed by atoms with Crippen LogP contribution in [0.4, 0.5) is 4.79 Å². The number of carbonyl (C=O) groups excluding carboxylic acids is 5. The molecule has 0 aromatic heterocycles. The molecule has 0 fully saturated rings. The van der Waals surface area contributed by atoms with Crippen LogP contribution in [0.15, 0.2) is 0 Å². The minimum atomic E-state index is -1.33. The van der Waals surface area contributed by atoms with E-state index in [0.29, 0.717) is 51.9 Å². The van der Waals surface area contributed by atoms with Crippen LogP contribution >= 0.6 is 0 Å². The standard InChI is InChI=1S/C52H97NO11/c1-7-11-15-19-21-27-35-45(33-25-17-13-9-3)49(55)60-41-30-23-29-40-59-48(54)38-37-47(64-52(58)63-44-39-53(5)6)51(57)62-43-32-24-31-42-61-50(56)46(34-26-18-14-10-4)36-28-22-20-16-12-8-2/h45-47H,7-44H2,1-6H3. The lowest BCUT2D eigenvalue weighted by Crippen LogP contribution is -2.31. The zero-order valence-corrected chi connectivity index (χ0v) is 42.0. The van der Waals surface area contributed by atoms with Gasteiger partial charge in [-0.15, -0.1) is 0 Å². The Labute approximate surface area is 391 Å². The van der Waals surface area contributed by atoms with E-state index in [0.717, 1.165) is 83.5 Å². The topological polar surface area (TPSA) is 144 Å². The number of ether oxygens (including phenoxy) is 6. The highest BCUT2D eigenvalue weighted by atomic mass is 16.7. The maximum absolute atomic E-state index is 13.0. The van der Waals surface area contributed by atoms with E-state index in [-0.39, 0.29) is 56.4 Å². The van der Waals surface area contributed by atoms with Crippen LogP contribution in [0.1, 0.15) is 233 Å². The zero-order valence-electron chi connectivity index (χ0n) is 42.0. The van der Waals surface area contributed by atoms with Crippen molar-refractivity contribution in [1.82, 2.24) is 4.90 Å². The molecule has 0 saturated carbocycles. The van der Waals surface area contributed by atoms with Gasteiger partial charge in [0.15, 0.2) is 0 Å². The van der Waals surface area contributed by atoms with Crippen LogP contribution in [-0.4, -0.2) is 94.7 Å². The molecule has 0 aliphatic heterocycles. The Balaban J connectivity index is 4.72. The first-order valence-electron chi connectivity index (χ1n) is 26.2. The number of nitrogens with zero attached hydrogens (tertiary/aromatic N) is 1. The molecule has 64 heavy (non-hydrogen) atoms. The highest BCUT2D eigenvalue weighted by Crippen LogP contribution is 2.22. The molecule has 0 aromatic carbocycles. The summed E-state index contributed by atoms with van der Waals surface area (Å²) in [6, 6.07) is 0. The number of unbranched alkanes of at least 4 members (excludes halogenated alkanes) is 20. The molecular formula is C52H97NO11. The molecule has 12 nitrogen and oxygen atoms in total. The van der Waals surface area contributed by atoms with Crippen molar-refractivity contribution >= 4 is 30.0 Å². The number of esters is 4. The molecule has 0 bridgehead atoms. The third-order valence-corrected chi connectivity index (χ3v) is 11.7. The van der Waals surface area contributed by atoms with E-state index in [1.807, 2.05) is 19.0 Å². The molecule has 0 aromatic rings. The van der Waals surface area contributed by atoms with Gasteiger partial charge >= 0.3 is 30.0 Å². The van der Waals surface area contributed by atoms with E-state index >= 15 is 0 Å². The molecule has 3 atom stereocenters. The maximum atomic E-state index is 13.0. The minimum Gasteiger partial charge on any atom is -0.466 e. The van der Waals surface area contributed by atoms with Crippen LogP contribution in [0, 0.1) is 11.8 Å². The number of hydrogen-bond donors (Lipinski definition) is 0. The fourth-order valence-electron chi connectivity index (χ4n) is 7.54. The van der Waals surface area contributed by atoms with Crippen LogP contribution in [0.2, 0.25) is 0 Å². The van der Waals surface area contributed by atoms with Crippen LogP contribution in [0.3, 0.4) is 0 Å². The number of hydrogen-bond acceptors (Lipinski definition) is 12. The lowest BCUT2D eigenvalue weighted by atomic mass is 9.94. The molecule has 12 heteroatoms. The molecule has 3 unspecified atom stereocenters. The Kier molecular flexibility index (Phi) is 43.2. The normalized spacial score (nSPS) is 12.7. The van der Waals surface area contributed by atoms with Crippen molar-refractivity contribution in [3.05, 3.63) is 0 Å². The Bertz CT molecular complexity index is 1130. The largest absolute Gasteiger partial charge is 0.509 e. The molecule has 0 saturated heterocycles. The molecule has 0 radical (unpaired) electrons. The van der Waals surface area contributed by atoms with Crippen LogP contribution in [0.5, 0.6) is 0 Å². The van der Waals surface area contributed by atoms with Gasteiger partial charge in [-0.05, 0) is 78.3 Å². The molecule has 0 amide bonds. The Hall–Kier alpha value is -2.89. The average Bonchev–Trinajstić information content (AvgIpc) is 3.27. The minimum absolute atomic E-state index is 0.0284. The summed E-state index contributed by atoms with van der Waals surface area (Å²) in [4.78, 5) is 65.8. The molecule has 376 valence electrons. The average molecular weight is 912 g/mol. The van der Waals surface area contributed by atoms with Crippen molar-refractivity contribution in [3.8, 4) is 0 Å². The van der Waals surface area contributed by atoms with Crippen molar-refractivity contribution in [2.24, 2.45) is 11.8 Å². The predicted molar refractivity (Wildman–Crippen MR) is 256 cm³/mol. The van der Waals surface area contributed by atoms with E-state index in [1.165, 1.54) is 77.0 Å². The highest BCUT2D eigenvalue weighted by molar-refractivity contribution is 5.78. The second-order valence-electron chi connectivity index (χ2n) is 18.1. The van der Waals surface area contributed by atoms with Crippen molar-refractivity contribution < 1.29 is 52.4 Å². The summed E-state index contributed by atoms with van der Waals surface area (Å²) in [5.74, 6) is -1.52. The molecule has 0 aliphatic rings. The van der Waals surface area contributed by atoms with Crippen molar-refractivity contribution in [2.75, 3.05) is 53.7 Å². The lowest BCUT2D eigenvalue weighted by molar-refractivity contribution is -0.156. The summed E-state index contributed by atoms with van der Waals surface area (Å²) in [6.07, 6.45) is 28.4. The quantitative estimate of drug-likeness (QED) is 0.0326. The van der Waals surface area contributed by atoms with E-state index in [2.05, 4.69) is 27.7 Å². The van der Waals surface area contributed by atoms with Gasteiger partial charge in [-0.3, -0.25) is 14.4 Å². The summed E-state index contributed by atoms with van der Waals surface area (Å²) in [7, 11) is 3.68. The summed E-state index contributed by atoms with van der Waals surface area (Å²) < 4.78 is 32.6. The van der Waals surface area contributed by atoms with Crippen molar-refractivity contribution in [1.29, 1.82) is 0 Å². The Morgan fingerprint density at radius 1 is 0.375 bits per heavy atom. The van der Waals surface area contributed by atoms with Gasteiger partial charge in [-0.25, -0.2) is 9.59 Å². The lowest BCUT2D eigenvalue weighted by Gasteiger charge is -2.17. The van der Waals surface area contributed by atoms with Gasteiger partial charge in [0.2, 0.25) is 6.10 Å². The Morgan fingerprint density at radius 3 is 1.12 bits per heavy atom. The fraction of sp³-hybridized carbons (Fsp3) is 0.904. The second kappa shape index (κ2) is 45.3. The number of carbonyl (C=O) groups is 5. The number of rotatable bonds is 46. The van der Waals surface area contributed by atoms with Gasteiger partial charge in [0.05, 0.1) is 38.3 Å². The first-order valence-corrected chi connectivity index (χ1v) is 26.2. The third-order valence-electron chi connectivity index (χ3n) is 11.7. The van der Waals surface area contributed by atoms with Gasteiger partial charge in [0.1, 0.15) is 6.61 Å². The van der Waals surface area contributed by atoms with Crippen molar-refractivity contribution in [2.45, 2.75) is 239 Å². The zero-order chi connectivity index (χ0) is 47.3. The van der Waals surface area contributed by atoms with Gasteiger partial charge in [-0.2, -0.15) is 0 Å². The SMILES string of the molecule is CCCCCCCCC(CCCCCC)C(=O)OCCCCCOC(=O)CCC(OC(=O)OCCN(C)C)C(=O)OCCCCCOC(=O)C(CCCCCC)CCCCCCCC. The second-order valence-corrected chi connectivity index (χ2v) is 18.1. The van der Waals surface area contributed by atoms with Crippen LogP contribution < -0.4 is 0 Å². The molecular weight excluding hydrogens is 815 g/mol. The van der Waals surface area contributed by atoms with Crippen LogP contribution in [-0.2, 0) is 47.6 Å². The molecule has 0 N–H and O–H groups in total. The Morgan fingerprint density at radius 2 is 0.719 bits per heavy atom. The van der Waals surface area contributed by atoms with E-state index in [4.69, 9.17) is 28.4 Å². The monoisotopic (exact) mass is 912 g/mol. The summed E-state index contributed by atoms with van der Waals surface area (Å²) in [6.45, 7) is 10.3. The van der Waals surface area contributed by atoms with Crippen LogP contribution in [0.25, 0.3) is 0 Å². The van der Waals surface area contributed by atoms with Gasteiger partial charge in [-0.1, -0.05) is 156 Å². The van der Waals surface area contributed by atoms with E-state index in [9.17, 15) is 24.0 Å². The summed E-state index contributed by atoms with van der Waals surface area (Å²) >= 11 is 0. The molecule has 0 aliphatic carbocycles. The fourth-order valence-corrected chi connectivity index (χ4v) is 7.54. The van der Waals surface area contributed by atoms with E-state index < -0.39 is 24.2 Å². The smallest absolute Gasteiger partial charge is 0.466 e. The molecule has 0 rings (SSSR count). The third kappa shape index (κ3) is 38.4. The first-order chi connectivity index (χ1) is 31.1. The maximum Gasteiger partial charge on any atom is 0.509 e. The first kappa shape index (κ1) is 61.1. The summed E-state index contributed by atoms with van der Waals surface area (Å²) in [5, 5.41) is 0. The number of likely N-dealkylation sites (N-methyl/N-ethyl adjacent to an activating group) is 1. The highest BCUT2D eigenvalue weighted by Gasteiger charge is 2.27. The van der Waals surface area contributed by atoms with Gasteiger partial charge in [0, 0.05) is 19.4 Å².